The van der Waals surface area contributed by atoms with Crippen LogP contribution in [0, 0.1) is 17.8 Å². The van der Waals surface area contributed by atoms with Gasteiger partial charge >= 0.3 is 5.97 Å². The van der Waals surface area contributed by atoms with E-state index in [1.54, 1.807) is 47.7 Å². The molecule has 0 saturated carbocycles. The van der Waals surface area contributed by atoms with E-state index in [0.717, 1.165) is 10.9 Å². The van der Waals surface area contributed by atoms with Crippen molar-refractivity contribution in [2.24, 2.45) is 23.5 Å². The summed E-state index contributed by atoms with van der Waals surface area (Å²) in [7, 11) is 0. The molecule has 0 spiro atoms. The molecule has 1 aromatic carbocycles. The van der Waals surface area contributed by atoms with Gasteiger partial charge in [0, 0.05) is 35.0 Å². The standard InChI is InChI=1S/C37H58N8O9S2/c1-8-19(6)30(36(52)44-29(18(4)5)37(53)54)45-33(49)26(16-56)42-35(51)28(17(2)3)43-31(47)24(13-21-14-39-23-12-10-9-11-22(21)23)40-32(48)25(15-55)41-34(50)27(38)20(7)46/h9-12,14,17-20,24-30,39,46,55-56H,8,13,15-16,38H2,1-7H3,(H,40,48)(H,41,50)(H,42,51)(H,43,47)(H,44,52)(H,45,49)(H,53,54)/t19-,20+,24-,25-,26-,27-,28-,29-,30-/m0/s1. The number of benzene rings is 1. The maximum Gasteiger partial charge on any atom is 0.326 e. The third-order valence-electron chi connectivity index (χ3n) is 9.46. The molecule has 0 unspecified atom stereocenters. The number of hydrogen-bond acceptors (Lipinski definition) is 11. The predicted molar refractivity (Wildman–Crippen MR) is 218 cm³/mol. The average molecular weight is 823 g/mol. The third-order valence-corrected chi connectivity index (χ3v) is 10.2. The lowest BCUT2D eigenvalue weighted by Gasteiger charge is -2.30. The Hall–Kier alpha value is -4.33. The molecular weight excluding hydrogens is 765 g/mol. The van der Waals surface area contributed by atoms with Gasteiger partial charge in [0.05, 0.1) is 6.10 Å². The number of H-pyrrole nitrogens is 1. The minimum Gasteiger partial charge on any atom is -0.480 e. The van der Waals surface area contributed by atoms with Crippen LogP contribution >= 0.6 is 25.3 Å². The second kappa shape index (κ2) is 22.4. The lowest BCUT2D eigenvalue weighted by Crippen LogP contribution is -2.62. The fraction of sp³-hybridized carbons (Fsp3) is 0.595. The summed E-state index contributed by atoms with van der Waals surface area (Å²) in [6.45, 7) is 11.5. The molecule has 2 rings (SSSR count). The number of hydrogen-bond donors (Lipinski definition) is 12. The first-order valence-corrected chi connectivity index (χ1v) is 19.8. The van der Waals surface area contributed by atoms with Crippen molar-refractivity contribution in [3.05, 3.63) is 36.0 Å². The number of aromatic amines is 1. The van der Waals surface area contributed by atoms with Gasteiger partial charge < -0.3 is 52.8 Å². The number of nitrogens with two attached hydrogens (primary N) is 1. The highest BCUT2D eigenvalue weighted by Crippen LogP contribution is 2.20. The lowest BCUT2D eigenvalue weighted by atomic mass is 9.96. The number of thiol groups is 2. The van der Waals surface area contributed by atoms with Gasteiger partial charge in [-0.15, -0.1) is 0 Å². The van der Waals surface area contributed by atoms with Gasteiger partial charge in [0.2, 0.25) is 35.4 Å². The third kappa shape index (κ3) is 13.4. The number of aliphatic hydroxyl groups excluding tert-OH is 1. The molecule has 11 N–H and O–H groups in total. The van der Waals surface area contributed by atoms with Gasteiger partial charge in [-0.2, -0.15) is 25.3 Å². The number of carboxylic acids is 1. The van der Waals surface area contributed by atoms with Crippen LogP contribution in [-0.4, -0.2) is 117 Å². The van der Waals surface area contributed by atoms with Gasteiger partial charge in [-0.1, -0.05) is 66.2 Å². The summed E-state index contributed by atoms with van der Waals surface area (Å²) in [4.78, 5) is 95.5. The van der Waals surface area contributed by atoms with Crippen LogP contribution < -0.4 is 37.6 Å². The molecule has 6 amide bonds. The van der Waals surface area contributed by atoms with Gasteiger partial charge in [-0.25, -0.2) is 4.79 Å². The minimum absolute atomic E-state index is 0.0330. The Morgan fingerprint density at radius 2 is 1.14 bits per heavy atom. The number of nitrogens with one attached hydrogen (secondary N) is 7. The molecule has 0 aliphatic carbocycles. The molecule has 1 heterocycles. The van der Waals surface area contributed by atoms with Crippen molar-refractivity contribution in [3.8, 4) is 0 Å². The molecule has 19 heteroatoms. The number of amides is 6. The molecule has 312 valence electrons. The number of carbonyl (C=O) groups excluding carboxylic acids is 6. The van der Waals surface area contributed by atoms with Gasteiger partial charge in [0.1, 0.15) is 42.3 Å². The monoisotopic (exact) mass is 822 g/mol. The highest BCUT2D eigenvalue weighted by molar-refractivity contribution is 7.80. The fourth-order valence-corrected chi connectivity index (χ4v) is 6.15. The van der Waals surface area contributed by atoms with Gasteiger partial charge in [-0.05, 0) is 36.3 Å². The Labute approximate surface area is 338 Å². The summed E-state index contributed by atoms with van der Waals surface area (Å²) in [5.74, 6) is -7.47. The Morgan fingerprint density at radius 1 is 0.679 bits per heavy atom. The SMILES string of the molecule is CC[C@H](C)[C@H](NC(=O)[C@H](CS)NC(=O)[C@@H](NC(=O)[C@H](Cc1c[nH]c2ccccc12)NC(=O)[C@H](CS)NC(=O)[C@@H](N)[C@@H](C)O)C(C)C)C(=O)N[C@H](C(=O)O)C(C)C. The van der Waals surface area contributed by atoms with E-state index < -0.39 is 108 Å². The Bertz CT molecular complexity index is 1690. The van der Waals surface area contributed by atoms with Crippen LogP contribution in [0.25, 0.3) is 10.9 Å². The van der Waals surface area contributed by atoms with E-state index in [-0.39, 0.29) is 17.9 Å². The van der Waals surface area contributed by atoms with Crippen molar-refractivity contribution in [1.82, 2.24) is 36.9 Å². The topological polar surface area (TPSA) is 274 Å². The van der Waals surface area contributed by atoms with Crippen molar-refractivity contribution >= 4 is 77.6 Å². The van der Waals surface area contributed by atoms with Crippen LogP contribution in [0.3, 0.4) is 0 Å². The molecule has 0 bridgehead atoms. The molecule has 17 nitrogen and oxygen atoms in total. The summed E-state index contributed by atoms with van der Waals surface area (Å²) in [5, 5.41) is 35.6. The van der Waals surface area contributed by atoms with Crippen LogP contribution in [0.1, 0.15) is 60.5 Å². The van der Waals surface area contributed by atoms with E-state index >= 15 is 0 Å². The van der Waals surface area contributed by atoms with Crippen molar-refractivity contribution in [1.29, 1.82) is 0 Å². The zero-order valence-electron chi connectivity index (χ0n) is 32.8. The maximum atomic E-state index is 14.0. The molecule has 0 fully saturated rings. The van der Waals surface area contributed by atoms with E-state index in [0.29, 0.717) is 12.0 Å². The summed E-state index contributed by atoms with van der Waals surface area (Å²) in [6, 6.07) is -1.33. The predicted octanol–water partition coefficient (Wildman–Crippen LogP) is -0.370. The van der Waals surface area contributed by atoms with Crippen LogP contribution in [-0.2, 0) is 40.0 Å². The van der Waals surface area contributed by atoms with Crippen molar-refractivity contribution in [3.63, 3.8) is 0 Å². The largest absolute Gasteiger partial charge is 0.480 e. The Morgan fingerprint density at radius 3 is 1.66 bits per heavy atom. The summed E-state index contributed by atoms with van der Waals surface area (Å²) >= 11 is 8.44. The molecule has 56 heavy (non-hydrogen) atoms. The number of rotatable bonds is 22. The molecule has 2 aromatic rings. The highest BCUT2D eigenvalue weighted by Gasteiger charge is 2.36. The van der Waals surface area contributed by atoms with E-state index in [1.807, 2.05) is 24.3 Å². The van der Waals surface area contributed by atoms with Crippen molar-refractivity contribution in [2.45, 2.75) is 110 Å². The molecule has 1 aromatic heterocycles. The summed E-state index contributed by atoms with van der Waals surface area (Å²) < 4.78 is 0. The van der Waals surface area contributed by atoms with E-state index in [2.05, 4.69) is 62.1 Å². The number of para-hydroxylation sites is 1. The number of aromatic nitrogens is 1. The number of aliphatic hydroxyl groups is 1. The second-order valence-electron chi connectivity index (χ2n) is 14.5. The number of aliphatic carboxylic acids is 1. The van der Waals surface area contributed by atoms with Gasteiger partial charge in [-0.3, -0.25) is 28.8 Å². The number of fused-ring (bicyclic) bond motifs is 1. The lowest BCUT2D eigenvalue weighted by molar-refractivity contribution is -0.144. The van der Waals surface area contributed by atoms with Gasteiger partial charge in [0.25, 0.3) is 0 Å². The van der Waals surface area contributed by atoms with E-state index in [1.165, 1.54) is 6.92 Å². The molecule has 0 saturated heterocycles. The molecular formula is C37H58N8O9S2. The minimum atomic E-state index is -1.32. The molecule has 0 aliphatic rings. The summed E-state index contributed by atoms with van der Waals surface area (Å²) in [6.07, 6.45) is 0.920. The summed E-state index contributed by atoms with van der Waals surface area (Å²) in [5.41, 5.74) is 7.19. The van der Waals surface area contributed by atoms with Gasteiger partial charge in [0.15, 0.2) is 0 Å². The first-order valence-electron chi connectivity index (χ1n) is 18.5. The van der Waals surface area contributed by atoms with Crippen LogP contribution in [0.15, 0.2) is 30.5 Å². The van der Waals surface area contributed by atoms with Crippen molar-refractivity contribution in [2.75, 3.05) is 11.5 Å². The quantitative estimate of drug-likeness (QED) is 0.0685. The number of carboxylic acid groups (broad SMARTS) is 1. The maximum absolute atomic E-state index is 14.0. The smallest absolute Gasteiger partial charge is 0.326 e. The fourth-order valence-electron chi connectivity index (χ4n) is 5.64. The highest BCUT2D eigenvalue weighted by atomic mass is 32.1. The first kappa shape index (κ1) is 47.8. The van der Waals surface area contributed by atoms with Crippen LogP contribution in [0.2, 0.25) is 0 Å². The number of carbonyl (C=O) groups is 7. The van der Waals surface area contributed by atoms with E-state index in [4.69, 9.17) is 5.73 Å². The van der Waals surface area contributed by atoms with Crippen LogP contribution in [0.4, 0.5) is 0 Å². The molecule has 0 radical (unpaired) electrons. The normalized spacial score (nSPS) is 16.3. The average Bonchev–Trinajstić information content (AvgIpc) is 3.56. The molecule has 0 aliphatic heterocycles. The first-order chi connectivity index (χ1) is 26.3. The van der Waals surface area contributed by atoms with E-state index in [9.17, 15) is 43.8 Å². The second-order valence-corrected chi connectivity index (χ2v) is 15.3. The Kier molecular flexibility index (Phi) is 19.1. The van der Waals surface area contributed by atoms with Crippen LogP contribution in [0.5, 0.6) is 0 Å². The Balaban J connectivity index is 2.33. The van der Waals surface area contributed by atoms with Crippen molar-refractivity contribution < 1.29 is 43.8 Å². The molecule has 9 atom stereocenters. The zero-order chi connectivity index (χ0) is 42.4. The zero-order valence-corrected chi connectivity index (χ0v) is 34.6.